The number of hydrogen-bond acceptors (Lipinski definition) is 6. The van der Waals surface area contributed by atoms with E-state index in [-0.39, 0.29) is 12.5 Å². The lowest BCUT2D eigenvalue weighted by Crippen LogP contribution is -2.67. The minimum Gasteiger partial charge on any atom is -0.445 e. The molecule has 0 unspecified atom stereocenters. The lowest BCUT2D eigenvalue weighted by molar-refractivity contribution is -0.139. The second-order valence-corrected chi connectivity index (χ2v) is 12.2. The average molecular weight is 582 g/mol. The van der Waals surface area contributed by atoms with Gasteiger partial charge in [0.25, 0.3) is 5.91 Å². The fourth-order valence-electron chi connectivity index (χ4n) is 3.75. The van der Waals surface area contributed by atoms with E-state index in [9.17, 15) is 24.0 Å². The zero-order chi connectivity index (χ0) is 31.9. The number of benzene rings is 2. The van der Waals surface area contributed by atoms with Gasteiger partial charge in [-0.05, 0) is 73.1 Å². The van der Waals surface area contributed by atoms with Gasteiger partial charge in [0.15, 0.2) is 0 Å². The Hall–Kier alpha value is -4.41. The van der Waals surface area contributed by atoms with Gasteiger partial charge in [0, 0.05) is 12.7 Å². The summed E-state index contributed by atoms with van der Waals surface area (Å²) in [7, 11) is 1.61. The molecule has 11 heteroatoms. The molecule has 0 aliphatic heterocycles. The molecule has 0 saturated carbocycles. The van der Waals surface area contributed by atoms with Crippen LogP contribution in [-0.4, -0.2) is 58.9 Å². The minimum absolute atomic E-state index is 0.0281. The molecule has 0 aliphatic rings. The summed E-state index contributed by atoms with van der Waals surface area (Å²) in [5.74, 6) is -2.24. The standard InChI is InChI=1S/C31H43N5O6/c1-28(2,33-25(39)30(5,6)35-27(41)42-20-21-16-12-10-13-17-21)23(37)32-29(3,4)24(38)34-31(7,8)26(40)36(9)22-18-14-11-15-19-22/h10-19H,20H2,1-9H3,(H,32,37)(H,33,39)(H,34,38)(H,35,41). The van der Waals surface area contributed by atoms with E-state index in [0.717, 1.165) is 5.56 Å². The van der Waals surface area contributed by atoms with Crippen molar-refractivity contribution in [2.24, 2.45) is 0 Å². The van der Waals surface area contributed by atoms with Crippen LogP contribution in [0.25, 0.3) is 0 Å². The summed E-state index contributed by atoms with van der Waals surface area (Å²) in [5.41, 5.74) is -4.18. The van der Waals surface area contributed by atoms with Gasteiger partial charge < -0.3 is 30.9 Å². The number of carbonyl (C=O) groups is 5. The van der Waals surface area contributed by atoms with E-state index < -0.39 is 46.0 Å². The molecule has 0 spiro atoms. The third-order valence-corrected chi connectivity index (χ3v) is 6.59. The lowest BCUT2D eigenvalue weighted by Gasteiger charge is -2.36. The van der Waals surface area contributed by atoms with Crippen molar-refractivity contribution in [3.8, 4) is 0 Å². The molecule has 0 bridgehead atoms. The van der Waals surface area contributed by atoms with E-state index in [1.807, 2.05) is 24.3 Å². The van der Waals surface area contributed by atoms with Crippen LogP contribution in [-0.2, 0) is 30.5 Å². The molecule has 0 aromatic heterocycles. The molecule has 0 saturated heterocycles. The number of para-hydroxylation sites is 1. The number of likely N-dealkylation sites (N-methyl/N-ethyl adjacent to an activating group) is 1. The Bertz CT molecular complexity index is 1290. The van der Waals surface area contributed by atoms with Crippen molar-refractivity contribution in [1.82, 2.24) is 21.3 Å². The van der Waals surface area contributed by atoms with Crippen LogP contribution in [0.4, 0.5) is 10.5 Å². The van der Waals surface area contributed by atoms with Crippen LogP contribution in [0.3, 0.4) is 0 Å². The Balaban J connectivity index is 1.99. The van der Waals surface area contributed by atoms with Gasteiger partial charge in [-0.25, -0.2) is 4.79 Å². The highest BCUT2D eigenvalue weighted by Crippen LogP contribution is 2.18. The van der Waals surface area contributed by atoms with Crippen LogP contribution < -0.4 is 26.2 Å². The fraction of sp³-hybridized carbons (Fsp3) is 0.452. The van der Waals surface area contributed by atoms with Gasteiger partial charge in [0.2, 0.25) is 17.7 Å². The first-order valence-electron chi connectivity index (χ1n) is 13.6. The first kappa shape index (κ1) is 33.8. The zero-order valence-corrected chi connectivity index (χ0v) is 25.9. The Morgan fingerprint density at radius 2 is 0.976 bits per heavy atom. The molecule has 11 nitrogen and oxygen atoms in total. The molecule has 0 aliphatic carbocycles. The molecule has 2 aromatic rings. The topological polar surface area (TPSA) is 146 Å². The molecule has 0 heterocycles. The number of rotatable bonds is 11. The van der Waals surface area contributed by atoms with Gasteiger partial charge in [0.05, 0.1) is 0 Å². The second-order valence-electron chi connectivity index (χ2n) is 12.2. The SMILES string of the molecule is CN(C(=O)C(C)(C)NC(=O)C(C)(C)NC(=O)C(C)(C)NC(=O)C(C)(C)NC(=O)OCc1ccccc1)c1ccccc1. The minimum atomic E-state index is -1.47. The molecule has 0 radical (unpaired) electrons. The zero-order valence-electron chi connectivity index (χ0n) is 25.9. The van der Waals surface area contributed by atoms with Crippen LogP contribution in [0.15, 0.2) is 60.7 Å². The fourth-order valence-corrected chi connectivity index (χ4v) is 3.75. The normalized spacial score (nSPS) is 12.0. The number of ether oxygens (including phenoxy) is 1. The second kappa shape index (κ2) is 13.1. The highest BCUT2D eigenvalue weighted by atomic mass is 16.5. The smallest absolute Gasteiger partial charge is 0.408 e. The maximum Gasteiger partial charge on any atom is 0.408 e. The quantitative estimate of drug-likeness (QED) is 0.321. The van der Waals surface area contributed by atoms with Crippen molar-refractivity contribution in [3.63, 3.8) is 0 Å². The van der Waals surface area contributed by atoms with E-state index in [1.54, 1.807) is 57.3 Å². The van der Waals surface area contributed by atoms with Crippen molar-refractivity contribution in [2.45, 2.75) is 84.2 Å². The number of amides is 5. The molecule has 0 fully saturated rings. The van der Waals surface area contributed by atoms with Gasteiger partial charge in [-0.3, -0.25) is 19.2 Å². The number of alkyl carbamates (subject to hydrolysis) is 1. The van der Waals surface area contributed by atoms with E-state index >= 15 is 0 Å². The molecular formula is C31H43N5O6. The molecule has 2 rings (SSSR count). The summed E-state index contributed by atoms with van der Waals surface area (Å²) < 4.78 is 5.20. The largest absolute Gasteiger partial charge is 0.445 e. The molecular weight excluding hydrogens is 538 g/mol. The summed E-state index contributed by atoms with van der Waals surface area (Å²) >= 11 is 0. The number of hydrogen-bond donors (Lipinski definition) is 4. The van der Waals surface area contributed by atoms with Gasteiger partial charge in [-0.15, -0.1) is 0 Å². The van der Waals surface area contributed by atoms with Crippen LogP contribution in [0.1, 0.15) is 61.0 Å². The number of anilines is 1. The number of nitrogens with one attached hydrogen (secondary N) is 4. The Morgan fingerprint density at radius 3 is 1.43 bits per heavy atom. The maximum atomic E-state index is 13.2. The number of carbonyl (C=O) groups excluding carboxylic acids is 5. The number of nitrogens with zero attached hydrogens (tertiary/aromatic N) is 1. The molecule has 42 heavy (non-hydrogen) atoms. The van der Waals surface area contributed by atoms with Crippen molar-refractivity contribution in [3.05, 3.63) is 66.2 Å². The first-order chi connectivity index (χ1) is 19.3. The van der Waals surface area contributed by atoms with Gasteiger partial charge in [0.1, 0.15) is 28.8 Å². The van der Waals surface area contributed by atoms with Crippen LogP contribution in [0, 0.1) is 0 Å². The van der Waals surface area contributed by atoms with Gasteiger partial charge in [-0.1, -0.05) is 48.5 Å². The highest BCUT2D eigenvalue weighted by molar-refractivity contribution is 6.03. The first-order valence-corrected chi connectivity index (χ1v) is 13.6. The van der Waals surface area contributed by atoms with Crippen molar-refractivity contribution < 1.29 is 28.7 Å². The lowest BCUT2D eigenvalue weighted by atomic mass is 9.95. The van der Waals surface area contributed by atoms with Crippen LogP contribution >= 0.6 is 0 Å². The Labute approximate surface area is 247 Å². The van der Waals surface area contributed by atoms with E-state index in [1.165, 1.54) is 46.4 Å². The Kier molecular flexibility index (Phi) is 10.5. The monoisotopic (exact) mass is 581 g/mol. The third kappa shape index (κ3) is 9.05. The predicted octanol–water partition coefficient (Wildman–Crippen LogP) is 3.04. The van der Waals surface area contributed by atoms with E-state index in [4.69, 9.17) is 4.74 Å². The molecule has 0 atom stereocenters. The van der Waals surface area contributed by atoms with Crippen molar-refractivity contribution >= 4 is 35.4 Å². The summed E-state index contributed by atoms with van der Waals surface area (Å²) in [6, 6.07) is 18.1. The molecule has 5 amide bonds. The van der Waals surface area contributed by atoms with Crippen LogP contribution in [0.2, 0.25) is 0 Å². The summed E-state index contributed by atoms with van der Waals surface area (Å²) in [6.45, 7) is 12.1. The summed E-state index contributed by atoms with van der Waals surface area (Å²) in [6.07, 6.45) is -0.797. The summed E-state index contributed by atoms with van der Waals surface area (Å²) in [4.78, 5) is 66.4. The molecule has 228 valence electrons. The molecule has 2 aromatic carbocycles. The van der Waals surface area contributed by atoms with E-state index in [2.05, 4.69) is 21.3 Å². The van der Waals surface area contributed by atoms with Gasteiger partial charge in [-0.2, -0.15) is 0 Å². The Morgan fingerprint density at radius 1 is 0.595 bits per heavy atom. The highest BCUT2D eigenvalue weighted by Gasteiger charge is 2.42. The summed E-state index contributed by atoms with van der Waals surface area (Å²) in [5, 5.41) is 10.5. The average Bonchev–Trinajstić information content (AvgIpc) is 2.91. The third-order valence-electron chi connectivity index (χ3n) is 6.59. The molecule has 4 N–H and O–H groups in total. The predicted molar refractivity (Wildman–Crippen MR) is 160 cm³/mol. The van der Waals surface area contributed by atoms with Gasteiger partial charge >= 0.3 is 6.09 Å². The van der Waals surface area contributed by atoms with Crippen molar-refractivity contribution in [2.75, 3.05) is 11.9 Å². The van der Waals surface area contributed by atoms with E-state index in [0.29, 0.717) is 5.69 Å². The van der Waals surface area contributed by atoms with Crippen molar-refractivity contribution in [1.29, 1.82) is 0 Å². The maximum absolute atomic E-state index is 13.2. The van der Waals surface area contributed by atoms with Crippen LogP contribution in [0.5, 0.6) is 0 Å².